The van der Waals surface area contributed by atoms with Gasteiger partial charge in [-0.05, 0) is 39.5 Å². The number of esters is 1. The molecule has 1 unspecified atom stereocenters. The molecule has 0 aliphatic carbocycles. The molecule has 1 atom stereocenters. The Morgan fingerprint density at radius 1 is 1.03 bits per heavy atom. The lowest BCUT2D eigenvalue weighted by atomic mass is 9.97. The van der Waals surface area contributed by atoms with Gasteiger partial charge in [0.25, 0.3) is 0 Å². The van der Waals surface area contributed by atoms with Gasteiger partial charge in [0.05, 0.1) is 5.56 Å². The number of aryl methyl sites for hydroxylation is 1. The molecule has 1 heterocycles. The molecule has 1 aromatic rings. The molecule has 34 heavy (non-hydrogen) atoms. The van der Waals surface area contributed by atoms with Crippen LogP contribution in [0.5, 0.6) is 5.75 Å². The number of allylic oxidation sites excluding steroid dienone is 6. The van der Waals surface area contributed by atoms with Crippen molar-refractivity contribution in [3.63, 3.8) is 0 Å². The zero-order chi connectivity index (χ0) is 25.0. The number of unbranched alkanes of at least 4 members (excludes halogenated alkanes) is 4. The van der Waals surface area contributed by atoms with E-state index in [1.54, 1.807) is 13.0 Å². The molecule has 0 aliphatic rings. The zero-order valence-corrected chi connectivity index (χ0v) is 21.1. The van der Waals surface area contributed by atoms with Crippen molar-refractivity contribution in [2.45, 2.75) is 91.4 Å². The SMILES string of the molecule is CC#CC/C=C\C(/C=C/C/C=C\CC)c1c(OC(C)=O)cc(CCCCCCC#CC)oc1=O. The van der Waals surface area contributed by atoms with E-state index in [1.165, 1.54) is 6.92 Å². The summed E-state index contributed by atoms with van der Waals surface area (Å²) in [6.45, 7) is 7.06. The van der Waals surface area contributed by atoms with Gasteiger partial charge < -0.3 is 9.15 Å². The van der Waals surface area contributed by atoms with E-state index in [4.69, 9.17) is 9.15 Å². The number of rotatable bonds is 14. The second kappa shape index (κ2) is 18.2. The van der Waals surface area contributed by atoms with E-state index in [1.807, 2.05) is 31.2 Å². The minimum absolute atomic E-state index is 0.266. The molecular formula is C30H38O4. The molecule has 1 aromatic heterocycles. The fourth-order valence-electron chi connectivity index (χ4n) is 3.38. The first kappa shape index (κ1) is 28.8. The van der Waals surface area contributed by atoms with Crippen LogP contribution in [0.4, 0.5) is 0 Å². The highest BCUT2D eigenvalue weighted by Crippen LogP contribution is 2.28. The summed E-state index contributed by atoms with van der Waals surface area (Å²) in [4.78, 5) is 24.8. The van der Waals surface area contributed by atoms with E-state index in [2.05, 4.69) is 42.8 Å². The Morgan fingerprint density at radius 3 is 2.47 bits per heavy atom. The standard InChI is InChI=1S/C30H38O4/c1-5-8-11-14-15-17-20-23-27-24-28(33-25(4)31)29(30(32)34-27)26(21-18-13-10-7-3)22-19-16-12-9-6-2/h9,12,18-19,21-22,24,26H,6,11,13-17,20,23H2,1-4H3/b12-9-,21-18-,22-19+. The topological polar surface area (TPSA) is 56.5 Å². The molecule has 4 nitrogen and oxygen atoms in total. The van der Waals surface area contributed by atoms with E-state index >= 15 is 0 Å². The van der Waals surface area contributed by atoms with Crippen molar-refractivity contribution in [3.8, 4) is 29.4 Å². The Morgan fingerprint density at radius 2 is 1.76 bits per heavy atom. The second-order valence-corrected chi connectivity index (χ2v) is 7.84. The third kappa shape index (κ3) is 12.1. The Bertz CT molecular complexity index is 1020. The third-order valence-electron chi connectivity index (χ3n) is 5.00. The van der Waals surface area contributed by atoms with Gasteiger partial charge in [0.2, 0.25) is 0 Å². The maximum absolute atomic E-state index is 13.0. The first-order chi connectivity index (χ1) is 16.5. The van der Waals surface area contributed by atoms with Crippen molar-refractivity contribution in [1.29, 1.82) is 0 Å². The summed E-state index contributed by atoms with van der Waals surface area (Å²) in [5, 5.41) is 0. The van der Waals surface area contributed by atoms with Gasteiger partial charge in [0.15, 0.2) is 0 Å². The smallest absolute Gasteiger partial charge is 0.343 e. The van der Waals surface area contributed by atoms with Crippen LogP contribution in [-0.4, -0.2) is 5.97 Å². The molecular weight excluding hydrogens is 424 g/mol. The largest absolute Gasteiger partial charge is 0.427 e. The molecule has 0 fully saturated rings. The molecule has 0 saturated carbocycles. The van der Waals surface area contributed by atoms with Crippen LogP contribution in [-0.2, 0) is 11.2 Å². The molecule has 0 aromatic carbocycles. The molecule has 1 rings (SSSR count). The van der Waals surface area contributed by atoms with Gasteiger partial charge in [-0.1, -0.05) is 62.1 Å². The number of carbonyl (C=O) groups is 1. The van der Waals surface area contributed by atoms with Crippen LogP contribution >= 0.6 is 0 Å². The van der Waals surface area contributed by atoms with Gasteiger partial charge in [-0.25, -0.2) is 4.79 Å². The Kier molecular flexibility index (Phi) is 15.4. The van der Waals surface area contributed by atoms with Crippen molar-refractivity contribution in [2.24, 2.45) is 0 Å². The van der Waals surface area contributed by atoms with Crippen LogP contribution in [0.15, 0.2) is 51.7 Å². The maximum Gasteiger partial charge on any atom is 0.343 e. The average Bonchev–Trinajstić information content (AvgIpc) is 2.79. The second-order valence-electron chi connectivity index (χ2n) is 7.84. The van der Waals surface area contributed by atoms with Crippen molar-refractivity contribution >= 4 is 5.97 Å². The molecule has 0 aliphatic heterocycles. The lowest BCUT2D eigenvalue weighted by molar-refractivity contribution is -0.131. The fourth-order valence-corrected chi connectivity index (χ4v) is 3.38. The maximum atomic E-state index is 13.0. The van der Waals surface area contributed by atoms with E-state index in [0.29, 0.717) is 24.2 Å². The molecule has 0 saturated heterocycles. The van der Waals surface area contributed by atoms with Gasteiger partial charge in [0, 0.05) is 38.2 Å². The highest BCUT2D eigenvalue weighted by Gasteiger charge is 2.20. The van der Waals surface area contributed by atoms with E-state index < -0.39 is 11.6 Å². The predicted molar refractivity (Wildman–Crippen MR) is 140 cm³/mol. The lowest BCUT2D eigenvalue weighted by Gasteiger charge is -2.14. The summed E-state index contributed by atoms with van der Waals surface area (Å²) >= 11 is 0. The first-order valence-corrected chi connectivity index (χ1v) is 12.2. The predicted octanol–water partition coefficient (Wildman–Crippen LogP) is 7.05. The molecule has 0 radical (unpaired) electrons. The molecule has 182 valence electrons. The number of ether oxygens (including phenoxy) is 1. The van der Waals surface area contributed by atoms with Crippen molar-refractivity contribution < 1.29 is 13.9 Å². The van der Waals surface area contributed by atoms with Crippen LogP contribution < -0.4 is 10.4 Å². The van der Waals surface area contributed by atoms with E-state index in [-0.39, 0.29) is 11.7 Å². The molecule has 0 N–H and O–H groups in total. The van der Waals surface area contributed by atoms with Crippen LogP contribution in [0, 0.1) is 23.7 Å². The van der Waals surface area contributed by atoms with Crippen molar-refractivity contribution in [1.82, 2.24) is 0 Å². The van der Waals surface area contributed by atoms with Crippen LogP contribution in [0.2, 0.25) is 0 Å². The quantitative estimate of drug-likeness (QED) is 0.129. The van der Waals surface area contributed by atoms with Gasteiger partial charge in [0.1, 0.15) is 11.5 Å². The van der Waals surface area contributed by atoms with Gasteiger partial charge in [-0.15, -0.1) is 17.8 Å². The van der Waals surface area contributed by atoms with Crippen LogP contribution in [0.1, 0.15) is 96.3 Å². The highest BCUT2D eigenvalue weighted by atomic mass is 16.5. The Balaban J connectivity index is 3.14. The monoisotopic (exact) mass is 462 g/mol. The molecule has 0 spiro atoms. The third-order valence-corrected chi connectivity index (χ3v) is 5.00. The summed E-state index contributed by atoms with van der Waals surface area (Å²) in [6, 6.07) is 1.69. The van der Waals surface area contributed by atoms with Crippen LogP contribution in [0.25, 0.3) is 0 Å². The van der Waals surface area contributed by atoms with Gasteiger partial charge in [-0.3, -0.25) is 4.79 Å². The number of hydrogen-bond donors (Lipinski definition) is 0. The minimum atomic E-state index is -0.475. The Labute approximate surface area is 205 Å². The lowest BCUT2D eigenvalue weighted by Crippen LogP contribution is -2.16. The summed E-state index contributed by atoms with van der Waals surface area (Å²) in [5.41, 5.74) is -0.148. The minimum Gasteiger partial charge on any atom is -0.427 e. The van der Waals surface area contributed by atoms with Crippen LogP contribution in [0.3, 0.4) is 0 Å². The summed E-state index contributed by atoms with van der Waals surface area (Å²) < 4.78 is 11.1. The summed E-state index contributed by atoms with van der Waals surface area (Å²) in [7, 11) is 0. The first-order valence-electron chi connectivity index (χ1n) is 12.2. The number of carbonyl (C=O) groups excluding carboxylic acids is 1. The average molecular weight is 463 g/mol. The molecule has 4 heteroatoms. The summed E-state index contributed by atoms with van der Waals surface area (Å²) in [6.07, 6.45) is 19.8. The normalized spacial score (nSPS) is 11.9. The molecule has 0 bridgehead atoms. The van der Waals surface area contributed by atoms with Gasteiger partial charge in [-0.2, -0.15) is 0 Å². The molecule has 0 amide bonds. The van der Waals surface area contributed by atoms with Crippen molar-refractivity contribution in [2.75, 3.05) is 0 Å². The zero-order valence-electron chi connectivity index (χ0n) is 21.1. The Hall–Kier alpha value is -3.24. The number of hydrogen-bond acceptors (Lipinski definition) is 4. The van der Waals surface area contributed by atoms with E-state index in [9.17, 15) is 9.59 Å². The van der Waals surface area contributed by atoms with E-state index in [0.717, 1.165) is 44.9 Å². The summed E-state index contributed by atoms with van der Waals surface area (Å²) in [5.74, 6) is 11.8. The van der Waals surface area contributed by atoms with Gasteiger partial charge >= 0.3 is 11.6 Å². The fraction of sp³-hybridized carbons (Fsp3) is 0.467. The van der Waals surface area contributed by atoms with Crippen molar-refractivity contribution in [3.05, 3.63) is 64.3 Å². The highest BCUT2D eigenvalue weighted by molar-refractivity contribution is 5.70.